The van der Waals surface area contributed by atoms with Gasteiger partial charge in [-0.3, -0.25) is 14.4 Å². The second kappa shape index (κ2) is 8.09. The van der Waals surface area contributed by atoms with E-state index in [9.17, 15) is 19.5 Å². The van der Waals surface area contributed by atoms with Crippen LogP contribution in [-0.2, 0) is 0 Å². The molecular formula is C34H22O4. The van der Waals surface area contributed by atoms with Crippen molar-refractivity contribution in [3.8, 4) is 0 Å². The Kier molecular flexibility index (Phi) is 4.76. The fourth-order valence-electron chi connectivity index (χ4n) is 5.86. The van der Waals surface area contributed by atoms with E-state index < -0.39 is 0 Å². The smallest absolute Gasteiger partial charge is 0.197 e. The van der Waals surface area contributed by atoms with Gasteiger partial charge in [-0.25, -0.2) is 0 Å². The summed E-state index contributed by atoms with van der Waals surface area (Å²) in [5.74, 6) is -0.699. The lowest BCUT2D eigenvalue weighted by Crippen LogP contribution is -2.01. The Morgan fingerprint density at radius 3 is 1.63 bits per heavy atom. The van der Waals surface area contributed by atoms with Gasteiger partial charge >= 0.3 is 0 Å². The van der Waals surface area contributed by atoms with Gasteiger partial charge in [-0.05, 0) is 94.4 Å². The van der Waals surface area contributed by atoms with Crippen LogP contribution in [-0.4, -0.2) is 22.5 Å². The number of aliphatic hydroxyl groups is 1. The number of hydrogen-bond donors (Lipinski definition) is 1. The van der Waals surface area contributed by atoms with Crippen molar-refractivity contribution in [2.24, 2.45) is 0 Å². The van der Waals surface area contributed by atoms with Gasteiger partial charge in [-0.2, -0.15) is 0 Å². The summed E-state index contributed by atoms with van der Waals surface area (Å²) in [6, 6.07) is 22.8. The minimum Gasteiger partial charge on any atom is -0.507 e. The van der Waals surface area contributed by atoms with Gasteiger partial charge in [-0.15, -0.1) is 0 Å². The lowest BCUT2D eigenvalue weighted by Gasteiger charge is -2.02. The van der Waals surface area contributed by atoms with Gasteiger partial charge < -0.3 is 5.11 Å². The number of Topliss-reactive ketones (excluding diaryl/α,β-unsaturated/α-hetero) is 3. The van der Waals surface area contributed by atoms with E-state index in [4.69, 9.17) is 0 Å². The highest BCUT2D eigenvalue weighted by molar-refractivity contribution is 6.40. The summed E-state index contributed by atoms with van der Waals surface area (Å²) in [5, 5.41) is 14.7. The molecule has 0 heterocycles. The highest BCUT2D eigenvalue weighted by Crippen LogP contribution is 2.40. The summed E-state index contributed by atoms with van der Waals surface area (Å²) in [6.45, 7) is 1.94. The molecule has 1 N–H and O–H groups in total. The zero-order valence-electron chi connectivity index (χ0n) is 20.7. The summed E-state index contributed by atoms with van der Waals surface area (Å²) in [5.41, 5.74) is 5.16. The maximum absolute atomic E-state index is 13.2. The van der Waals surface area contributed by atoms with E-state index >= 15 is 0 Å². The third kappa shape index (κ3) is 3.20. The van der Waals surface area contributed by atoms with Crippen LogP contribution >= 0.6 is 0 Å². The van der Waals surface area contributed by atoms with Gasteiger partial charge in [0.25, 0.3) is 0 Å². The first-order valence-electron chi connectivity index (χ1n) is 12.7. The standard InChI is InChI=1S/C34H22O4/c1-18-19(12-29-31(35)25-14-21-6-2-3-7-22(21)15-26(25)32(29)36)10-11-20(18)13-30-33(37)27-16-23-8-4-5-9-24(23)17-28(27)34(30)38/h2-9,12-17,35H,10-11H2,1H3. The van der Waals surface area contributed by atoms with E-state index in [1.165, 1.54) is 0 Å². The molecule has 4 heteroatoms. The fourth-order valence-corrected chi connectivity index (χ4v) is 5.86. The second-order valence-electron chi connectivity index (χ2n) is 10.1. The van der Waals surface area contributed by atoms with Crippen molar-refractivity contribution in [3.05, 3.63) is 135 Å². The number of allylic oxidation sites excluding steroid dienone is 7. The van der Waals surface area contributed by atoms with Crippen molar-refractivity contribution in [2.45, 2.75) is 19.8 Å². The molecule has 3 aliphatic rings. The highest BCUT2D eigenvalue weighted by Gasteiger charge is 2.34. The molecule has 0 amide bonds. The Morgan fingerprint density at radius 1 is 0.632 bits per heavy atom. The van der Waals surface area contributed by atoms with Crippen LogP contribution in [0.4, 0.5) is 0 Å². The first-order chi connectivity index (χ1) is 18.4. The molecule has 0 atom stereocenters. The molecule has 182 valence electrons. The molecular weight excluding hydrogens is 472 g/mol. The number of hydrogen-bond acceptors (Lipinski definition) is 4. The van der Waals surface area contributed by atoms with Crippen LogP contribution < -0.4 is 0 Å². The van der Waals surface area contributed by atoms with Gasteiger partial charge in [0.1, 0.15) is 5.76 Å². The van der Waals surface area contributed by atoms with Crippen LogP contribution in [0.25, 0.3) is 27.3 Å². The van der Waals surface area contributed by atoms with Gasteiger partial charge in [-0.1, -0.05) is 48.5 Å². The molecule has 0 fully saturated rings. The molecule has 0 saturated carbocycles. The van der Waals surface area contributed by atoms with Crippen LogP contribution in [0.3, 0.4) is 0 Å². The number of carbonyl (C=O) groups is 3. The van der Waals surface area contributed by atoms with E-state index in [2.05, 4.69) is 0 Å². The first kappa shape index (κ1) is 22.4. The maximum atomic E-state index is 13.2. The topological polar surface area (TPSA) is 71.4 Å². The lowest BCUT2D eigenvalue weighted by molar-refractivity contribution is 0.0986. The fraction of sp³-hybridized carbons (Fsp3) is 0.0882. The number of benzene rings is 4. The van der Waals surface area contributed by atoms with Gasteiger partial charge in [0.2, 0.25) is 0 Å². The van der Waals surface area contributed by atoms with Crippen molar-refractivity contribution < 1.29 is 19.5 Å². The number of fused-ring (bicyclic) bond motifs is 4. The molecule has 4 aromatic rings. The minimum atomic E-state index is -0.248. The molecule has 38 heavy (non-hydrogen) atoms. The molecule has 4 aromatic carbocycles. The Bertz CT molecular complexity index is 1870. The SMILES string of the molecule is CC1=C(C=C2C(=O)c3cc4ccccc4cc3C2=O)CCC1=CC1=C(O)c2cc3ccccc3cc2C1=O. The van der Waals surface area contributed by atoms with Crippen molar-refractivity contribution in [3.63, 3.8) is 0 Å². The molecule has 0 radical (unpaired) electrons. The van der Waals surface area contributed by atoms with Crippen LogP contribution in [0, 0.1) is 0 Å². The highest BCUT2D eigenvalue weighted by atomic mass is 16.3. The molecule has 0 saturated heterocycles. The van der Waals surface area contributed by atoms with Crippen molar-refractivity contribution in [1.29, 1.82) is 0 Å². The summed E-state index contributed by atoms with van der Waals surface area (Å²) in [7, 11) is 0. The Balaban J connectivity index is 1.25. The minimum absolute atomic E-state index is 0.00785. The number of carbonyl (C=O) groups excluding carboxylic acids is 3. The zero-order valence-corrected chi connectivity index (χ0v) is 20.7. The van der Waals surface area contributed by atoms with Gasteiger partial charge in [0.05, 0.1) is 11.1 Å². The van der Waals surface area contributed by atoms with Crippen LogP contribution in [0.5, 0.6) is 0 Å². The van der Waals surface area contributed by atoms with Gasteiger partial charge in [0.15, 0.2) is 17.3 Å². The van der Waals surface area contributed by atoms with Gasteiger partial charge in [0, 0.05) is 22.3 Å². The van der Waals surface area contributed by atoms with E-state index in [1.807, 2.05) is 67.6 Å². The Morgan fingerprint density at radius 2 is 1.11 bits per heavy atom. The molecule has 7 rings (SSSR count). The Hall–Kier alpha value is -4.83. The zero-order chi connectivity index (χ0) is 26.1. The molecule has 0 aliphatic heterocycles. The third-order valence-corrected chi connectivity index (χ3v) is 8.01. The van der Waals surface area contributed by atoms with Crippen LogP contribution in [0.2, 0.25) is 0 Å². The molecule has 0 unspecified atom stereocenters. The quantitative estimate of drug-likeness (QED) is 0.231. The molecule has 4 nitrogen and oxygen atoms in total. The Labute approximate surface area is 218 Å². The van der Waals surface area contributed by atoms with Crippen molar-refractivity contribution in [2.75, 3.05) is 0 Å². The van der Waals surface area contributed by atoms with E-state index in [-0.39, 0.29) is 34.3 Å². The first-order valence-corrected chi connectivity index (χ1v) is 12.7. The van der Waals surface area contributed by atoms with Crippen LogP contribution in [0.15, 0.2) is 113 Å². The summed E-state index contributed by atoms with van der Waals surface area (Å²) in [4.78, 5) is 39.6. The third-order valence-electron chi connectivity index (χ3n) is 8.01. The molecule has 0 bridgehead atoms. The average Bonchev–Trinajstić information content (AvgIpc) is 3.48. The maximum Gasteiger partial charge on any atom is 0.197 e. The van der Waals surface area contributed by atoms with E-state index in [1.54, 1.807) is 24.3 Å². The van der Waals surface area contributed by atoms with E-state index in [0.717, 1.165) is 38.3 Å². The van der Waals surface area contributed by atoms with E-state index in [0.29, 0.717) is 35.1 Å². The number of aliphatic hydroxyl groups excluding tert-OH is 1. The summed E-state index contributed by atoms with van der Waals surface area (Å²) in [6.07, 6.45) is 4.80. The summed E-state index contributed by atoms with van der Waals surface area (Å²) < 4.78 is 0. The normalized spacial score (nSPS) is 18.0. The lowest BCUT2D eigenvalue weighted by atomic mass is 10.0. The largest absolute Gasteiger partial charge is 0.507 e. The molecule has 0 spiro atoms. The predicted molar refractivity (Wildman–Crippen MR) is 149 cm³/mol. The van der Waals surface area contributed by atoms with Crippen molar-refractivity contribution in [1.82, 2.24) is 0 Å². The number of ketones is 3. The predicted octanol–water partition coefficient (Wildman–Crippen LogP) is 7.50. The monoisotopic (exact) mass is 494 g/mol. The number of rotatable bonds is 2. The summed E-state index contributed by atoms with van der Waals surface area (Å²) >= 11 is 0. The average molecular weight is 495 g/mol. The molecule has 0 aromatic heterocycles. The van der Waals surface area contributed by atoms with Crippen LogP contribution in [0.1, 0.15) is 56.4 Å². The van der Waals surface area contributed by atoms with Crippen molar-refractivity contribution >= 4 is 44.7 Å². The molecule has 3 aliphatic carbocycles. The second-order valence-corrected chi connectivity index (χ2v) is 10.1.